The van der Waals surface area contributed by atoms with Crippen LogP contribution in [-0.2, 0) is 17.3 Å². The van der Waals surface area contributed by atoms with Crippen LogP contribution >= 0.6 is 0 Å². The summed E-state index contributed by atoms with van der Waals surface area (Å²) >= 11 is 0. The van der Waals surface area contributed by atoms with Gasteiger partial charge in [0.15, 0.2) is 8.32 Å². The van der Waals surface area contributed by atoms with Gasteiger partial charge in [-0.3, -0.25) is 0 Å². The monoisotopic (exact) mass is 416 g/mol. The van der Waals surface area contributed by atoms with Crippen molar-refractivity contribution in [2.45, 2.75) is 64.0 Å². The fraction of sp³-hybridized carbons (Fsp3) is 0.478. The summed E-state index contributed by atoms with van der Waals surface area (Å²) in [6.07, 6.45) is 5.42. The van der Waals surface area contributed by atoms with Gasteiger partial charge < -0.3 is 14.6 Å². The van der Waals surface area contributed by atoms with Crippen molar-refractivity contribution in [2.24, 2.45) is 0 Å². The normalized spacial score (nSPS) is 12.3. The third-order valence-electron chi connectivity index (χ3n) is 5.29. The minimum absolute atomic E-state index is 0.333. The lowest BCUT2D eigenvalue weighted by Crippen LogP contribution is -2.40. The smallest absolute Gasteiger partial charge is 0.186 e. The summed E-state index contributed by atoms with van der Waals surface area (Å²) in [5, 5.41) is 18.8. The van der Waals surface area contributed by atoms with Gasteiger partial charge in [-0.05, 0) is 73.8 Å². The molecule has 0 unspecified atom stereocenters. The molecule has 0 aliphatic carbocycles. The maximum Gasteiger partial charge on any atom is 0.186 e. The molecule has 0 saturated carbocycles. The maximum atomic E-state index is 9.38. The fourth-order valence-corrected chi connectivity index (χ4v) is 8.93. The van der Waals surface area contributed by atoms with Crippen molar-refractivity contribution in [3.63, 3.8) is 0 Å². The molecule has 0 amide bonds. The Morgan fingerprint density at radius 3 is 1.57 bits per heavy atom. The molecule has 0 heterocycles. The molecule has 3 nitrogen and oxygen atoms in total. The number of phenols is 2. The van der Waals surface area contributed by atoms with E-state index in [1.807, 2.05) is 24.3 Å². The number of rotatable bonds is 11. The summed E-state index contributed by atoms with van der Waals surface area (Å²) in [6.45, 7) is 9.55. The van der Waals surface area contributed by atoms with Crippen molar-refractivity contribution in [2.75, 3.05) is 6.23 Å². The number of aryl methyl sites for hydroxylation is 2. The average Bonchev–Trinajstić information content (AvgIpc) is 2.64. The SMILES string of the molecule is C[Si](C)(CCCc1ccc(O)cc1)CO[Si](C)(C)CCCc1ccc(O)cc1. The van der Waals surface area contributed by atoms with E-state index in [2.05, 4.69) is 26.2 Å². The van der Waals surface area contributed by atoms with Crippen molar-refractivity contribution in [3.8, 4) is 11.5 Å². The van der Waals surface area contributed by atoms with E-state index < -0.39 is 16.4 Å². The molecule has 0 radical (unpaired) electrons. The molecule has 0 saturated heterocycles. The Morgan fingerprint density at radius 1 is 0.679 bits per heavy atom. The van der Waals surface area contributed by atoms with Gasteiger partial charge >= 0.3 is 0 Å². The second-order valence-electron chi connectivity index (χ2n) is 9.25. The van der Waals surface area contributed by atoms with Gasteiger partial charge in [-0.15, -0.1) is 0 Å². The summed E-state index contributed by atoms with van der Waals surface area (Å²) < 4.78 is 6.50. The van der Waals surface area contributed by atoms with E-state index in [1.165, 1.54) is 29.6 Å². The van der Waals surface area contributed by atoms with Gasteiger partial charge in [0, 0.05) is 6.23 Å². The Labute approximate surface area is 172 Å². The molecule has 0 fully saturated rings. The molecule has 28 heavy (non-hydrogen) atoms. The predicted octanol–water partition coefficient (Wildman–Crippen LogP) is 6.13. The van der Waals surface area contributed by atoms with E-state index >= 15 is 0 Å². The van der Waals surface area contributed by atoms with Gasteiger partial charge in [0.05, 0.1) is 8.07 Å². The Morgan fingerprint density at radius 2 is 1.11 bits per heavy atom. The molecule has 0 aromatic heterocycles. The van der Waals surface area contributed by atoms with Crippen LogP contribution in [0.4, 0.5) is 0 Å². The lowest BCUT2D eigenvalue weighted by atomic mass is 10.1. The molecule has 0 atom stereocenters. The van der Waals surface area contributed by atoms with Crippen LogP contribution in [0.25, 0.3) is 0 Å². The largest absolute Gasteiger partial charge is 0.508 e. The van der Waals surface area contributed by atoms with Crippen molar-refractivity contribution in [1.82, 2.24) is 0 Å². The van der Waals surface area contributed by atoms with Gasteiger partial charge in [0.2, 0.25) is 0 Å². The summed E-state index contributed by atoms with van der Waals surface area (Å²) in [6, 6.07) is 17.6. The van der Waals surface area contributed by atoms with Crippen LogP contribution in [0.15, 0.2) is 48.5 Å². The van der Waals surface area contributed by atoms with Crippen molar-refractivity contribution in [1.29, 1.82) is 0 Å². The highest BCUT2D eigenvalue weighted by atomic mass is 28.4. The molecule has 2 aromatic carbocycles. The summed E-state index contributed by atoms with van der Waals surface area (Å²) in [5.74, 6) is 0.670. The first kappa shape index (κ1) is 22.7. The van der Waals surface area contributed by atoms with Gasteiger partial charge in [0.25, 0.3) is 0 Å². The number of benzene rings is 2. The Bertz CT molecular complexity index is 646. The van der Waals surface area contributed by atoms with Crippen LogP contribution in [0, 0.1) is 0 Å². The molecule has 0 bridgehead atoms. The highest BCUT2D eigenvalue weighted by Gasteiger charge is 2.27. The second kappa shape index (κ2) is 10.3. The second-order valence-corrected chi connectivity index (χ2v) is 18.7. The number of aromatic hydroxyl groups is 2. The Balaban J connectivity index is 1.68. The highest BCUT2D eigenvalue weighted by molar-refractivity contribution is 6.79. The van der Waals surface area contributed by atoms with Crippen molar-refractivity contribution in [3.05, 3.63) is 59.7 Å². The third-order valence-corrected chi connectivity index (χ3v) is 10.7. The molecule has 5 heteroatoms. The zero-order valence-corrected chi connectivity index (χ0v) is 19.9. The molecule has 2 aromatic rings. The van der Waals surface area contributed by atoms with E-state index in [4.69, 9.17) is 4.43 Å². The van der Waals surface area contributed by atoms with E-state index in [0.29, 0.717) is 11.5 Å². The predicted molar refractivity (Wildman–Crippen MR) is 123 cm³/mol. The Kier molecular flexibility index (Phi) is 8.34. The summed E-state index contributed by atoms with van der Waals surface area (Å²) in [4.78, 5) is 0. The van der Waals surface area contributed by atoms with Crippen LogP contribution in [0.2, 0.25) is 38.3 Å². The van der Waals surface area contributed by atoms with Crippen LogP contribution in [0.5, 0.6) is 11.5 Å². The average molecular weight is 417 g/mol. The van der Waals surface area contributed by atoms with Crippen LogP contribution in [0.1, 0.15) is 24.0 Å². The van der Waals surface area contributed by atoms with Crippen LogP contribution in [0.3, 0.4) is 0 Å². The zero-order chi connectivity index (χ0) is 20.6. The minimum atomic E-state index is -1.63. The Hall–Kier alpha value is -1.57. The molecular formula is C23H36O3Si2. The first-order valence-electron chi connectivity index (χ1n) is 10.4. The number of hydrogen-bond acceptors (Lipinski definition) is 3. The standard InChI is InChI=1S/C23H36O3Si2/c1-27(2,17-5-7-20-9-13-22(24)14-10-20)19-26-28(3,4)18-6-8-21-11-15-23(25)16-12-21/h9-16,24-25H,5-8,17-19H2,1-4H3. The molecular weight excluding hydrogens is 380 g/mol. The summed E-state index contributed by atoms with van der Waals surface area (Å²) in [7, 11) is -2.98. The van der Waals surface area contributed by atoms with E-state index in [0.717, 1.165) is 25.5 Å². The number of hydrogen-bond donors (Lipinski definition) is 2. The van der Waals surface area contributed by atoms with Gasteiger partial charge in [-0.2, -0.15) is 0 Å². The summed E-state index contributed by atoms with van der Waals surface area (Å²) in [5.41, 5.74) is 2.58. The van der Waals surface area contributed by atoms with Gasteiger partial charge in [-0.25, -0.2) is 0 Å². The molecule has 154 valence electrons. The van der Waals surface area contributed by atoms with Crippen LogP contribution in [-0.4, -0.2) is 32.8 Å². The third kappa shape index (κ3) is 8.63. The fourth-order valence-electron chi connectivity index (χ4n) is 3.35. The van der Waals surface area contributed by atoms with Crippen molar-refractivity contribution < 1.29 is 14.6 Å². The van der Waals surface area contributed by atoms with Crippen molar-refractivity contribution >= 4 is 16.4 Å². The van der Waals surface area contributed by atoms with Crippen LogP contribution < -0.4 is 0 Å². The molecule has 0 aliphatic heterocycles. The first-order valence-corrected chi connectivity index (χ1v) is 16.9. The quantitative estimate of drug-likeness (QED) is 0.433. The molecule has 2 N–H and O–H groups in total. The molecule has 0 spiro atoms. The van der Waals surface area contributed by atoms with Gasteiger partial charge in [0.1, 0.15) is 11.5 Å². The van der Waals surface area contributed by atoms with E-state index in [9.17, 15) is 10.2 Å². The maximum absolute atomic E-state index is 9.38. The number of phenolic OH excluding ortho intramolecular Hbond substituents is 2. The minimum Gasteiger partial charge on any atom is -0.508 e. The lowest BCUT2D eigenvalue weighted by Gasteiger charge is -2.30. The molecule has 2 rings (SSSR count). The lowest BCUT2D eigenvalue weighted by molar-refractivity contribution is 0.364. The van der Waals surface area contributed by atoms with Gasteiger partial charge in [-0.1, -0.05) is 49.8 Å². The topological polar surface area (TPSA) is 49.7 Å². The first-order chi connectivity index (χ1) is 13.2. The van der Waals surface area contributed by atoms with E-state index in [-0.39, 0.29) is 0 Å². The zero-order valence-electron chi connectivity index (χ0n) is 17.9. The highest BCUT2D eigenvalue weighted by Crippen LogP contribution is 2.22. The molecule has 0 aliphatic rings. The van der Waals surface area contributed by atoms with E-state index in [1.54, 1.807) is 24.3 Å².